The highest BCUT2D eigenvalue weighted by Crippen LogP contribution is 2.24. The average Bonchev–Trinajstić information content (AvgIpc) is 2.84. The van der Waals surface area contributed by atoms with Crippen molar-refractivity contribution in [1.29, 1.82) is 0 Å². The van der Waals surface area contributed by atoms with Crippen molar-refractivity contribution in [1.82, 2.24) is 0 Å². The van der Waals surface area contributed by atoms with Crippen molar-refractivity contribution in [3.05, 3.63) is 41.1 Å². The van der Waals surface area contributed by atoms with Crippen LogP contribution in [0, 0.1) is 0 Å². The smallest absolute Gasteiger partial charge is 0.354 e. The number of anilines is 1. The molecule has 1 aliphatic carbocycles. The van der Waals surface area contributed by atoms with E-state index in [2.05, 4.69) is 14.8 Å². The highest BCUT2D eigenvalue weighted by atomic mass is 16.5. The quantitative estimate of drug-likeness (QED) is 0.657. The molecule has 1 aromatic rings. The van der Waals surface area contributed by atoms with E-state index >= 15 is 0 Å². The molecule has 0 fully saturated rings. The Kier molecular flexibility index (Phi) is 4.37. The van der Waals surface area contributed by atoms with Crippen LogP contribution >= 0.6 is 0 Å². The molecule has 1 aromatic carbocycles. The van der Waals surface area contributed by atoms with Gasteiger partial charge in [0.2, 0.25) is 0 Å². The minimum absolute atomic E-state index is 0.0337. The highest BCUT2D eigenvalue weighted by molar-refractivity contribution is 5.98. The van der Waals surface area contributed by atoms with Crippen molar-refractivity contribution < 1.29 is 23.9 Å². The van der Waals surface area contributed by atoms with Gasteiger partial charge in [0, 0.05) is 18.5 Å². The van der Waals surface area contributed by atoms with Gasteiger partial charge in [-0.3, -0.25) is 4.79 Å². The number of Topliss-reactive ketones (excluding diaryl/α,β-unsaturated/α-hetero) is 1. The summed E-state index contributed by atoms with van der Waals surface area (Å²) in [6.45, 7) is 0. The molecule has 0 aromatic heterocycles. The zero-order valence-corrected chi connectivity index (χ0v) is 11.8. The Bertz CT molecular complexity index is 633. The van der Waals surface area contributed by atoms with Crippen LogP contribution in [0.1, 0.15) is 11.1 Å². The van der Waals surface area contributed by atoms with Crippen molar-refractivity contribution >= 4 is 23.4 Å². The molecule has 6 heteroatoms. The second-order valence-electron chi connectivity index (χ2n) is 4.57. The molecule has 0 heterocycles. The van der Waals surface area contributed by atoms with E-state index in [-0.39, 0.29) is 11.5 Å². The molecule has 1 aliphatic rings. The fraction of sp³-hybridized carbons (Fsp3) is 0.267. The van der Waals surface area contributed by atoms with Gasteiger partial charge in [-0.2, -0.15) is 0 Å². The first-order chi connectivity index (χ1) is 10.0. The van der Waals surface area contributed by atoms with Gasteiger partial charge in [-0.15, -0.1) is 0 Å². The normalized spacial score (nSPS) is 13.6. The summed E-state index contributed by atoms with van der Waals surface area (Å²) in [6.07, 6.45) is 1.85. The Morgan fingerprint density at radius 1 is 1.14 bits per heavy atom. The predicted molar refractivity (Wildman–Crippen MR) is 74.6 cm³/mol. The maximum atomic E-state index is 11.6. The van der Waals surface area contributed by atoms with Crippen molar-refractivity contribution in [2.24, 2.45) is 0 Å². The number of benzene rings is 1. The molecule has 0 radical (unpaired) electrons. The van der Waals surface area contributed by atoms with E-state index in [0.29, 0.717) is 18.5 Å². The van der Waals surface area contributed by atoms with Crippen LogP contribution in [0.25, 0.3) is 0 Å². The number of carbonyl (C=O) groups excluding carboxylic acids is 3. The summed E-state index contributed by atoms with van der Waals surface area (Å²) in [7, 11) is 2.44. The third kappa shape index (κ3) is 3.47. The summed E-state index contributed by atoms with van der Waals surface area (Å²) in [5.74, 6) is -1.18. The van der Waals surface area contributed by atoms with Crippen molar-refractivity contribution in [2.75, 3.05) is 19.5 Å². The van der Waals surface area contributed by atoms with E-state index < -0.39 is 11.9 Å². The van der Waals surface area contributed by atoms with E-state index in [9.17, 15) is 14.4 Å². The summed E-state index contributed by atoms with van der Waals surface area (Å²) >= 11 is 0. The monoisotopic (exact) mass is 289 g/mol. The molecular formula is C15H15NO5. The number of carbonyl (C=O) groups is 3. The zero-order valence-electron chi connectivity index (χ0n) is 11.8. The van der Waals surface area contributed by atoms with Crippen molar-refractivity contribution in [3.63, 3.8) is 0 Å². The summed E-state index contributed by atoms with van der Waals surface area (Å²) in [5, 5.41) is 2.81. The second-order valence-corrected chi connectivity index (χ2v) is 4.57. The Balaban J connectivity index is 2.23. The Labute approximate surface area is 121 Å². The molecule has 0 saturated heterocycles. The standard InChI is InChI=1S/C15H15NO5/c1-20-14(18)8-13(15(19)21-2)16-11-4-3-9-6-12(17)7-10(9)5-11/h3-5,8,16H,6-7H2,1-2H3/b13-8+. The summed E-state index contributed by atoms with van der Waals surface area (Å²) in [6, 6.07) is 5.36. The van der Waals surface area contributed by atoms with Gasteiger partial charge in [-0.05, 0) is 23.3 Å². The second kappa shape index (κ2) is 6.21. The molecule has 21 heavy (non-hydrogen) atoms. The van der Waals surface area contributed by atoms with Gasteiger partial charge in [0.15, 0.2) is 0 Å². The fourth-order valence-electron chi connectivity index (χ4n) is 2.12. The van der Waals surface area contributed by atoms with E-state index in [4.69, 9.17) is 0 Å². The van der Waals surface area contributed by atoms with Crippen molar-refractivity contribution in [2.45, 2.75) is 12.8 Å². The van der Waals surface area contributed by atoms with Crippen LogP contribution in [0.15, 0.2) is 30.0 Å². The molecule has 0 bridgehead atoms. The maximum absolute atomic E-state index is 11.6. The zero-order chi connectivity index (χ0) is 15.4. The fourth-order valence-corrected chi connectivity index (χ4v) is 2.12. The van der Waals surface area contributed by atoms with E-state index in [1.165, 1.54) is 14.2 Å². The van der Waals surface area contributed by atoms with E-state index in [1.807, 2.05) is 6.07 Å². The van der Waals surface area contributed by atoms with Crippen LogP contribution in [0.3, 0.4) is 0 Å². The summed E-state index contributed by atoms with van der Waals surface area (Å²) in [4.78, 5) is 34.3. The Morgan fingerprint density at radius 2 is 1.86 bits per heavy atom. The lowest BCUT2D eigenvalue weighted by atomic mass is 10.1. The third-order valence-electron chi connectivity index (χ3n) is 3.13. The first-order valence-corrected chi connectivity index (χ1v) is 6.32. The maximum Gasteiger partial charge on any atom is 0.354 e. The highest BCUT2D eigenvalue weighted by Gasteiger charge is 2.19. The minimum atomic E-state index is -0.683. The molecule has 0 spiro atoms. The van der Waals surface area contributed by atoms with E-state index in [1.54, 1.807) is 12.1 Å². The molecule has 6 nitrogen and oxygen atoms in total. The lowest BCUT2D eigenvalue weighted by molar-refractivity contribution is -0.138. The molecule has 0 unspecified atom stereocenters. The van der Waals surface area contributed by atoms with Gasteiger partial charge in [0.05, 0.1) is 20.3 Å². The van der Waals surface area contributed by atoms with Gasteiger partial charge in [-0.1, -0.05) is 6.07 Å². The molecule has 0 aliphatic heterocycles. The lowest BCUT2D eigenvalue weighted by Crippen LogP contribution is -2.15. The first kappa shape index (κ1) is 14.8. The lowest BCUT2D eigenvalue weighted by Gasteiger charge is -2.10. The molecular weight excluding hydrogens is 274 g/mol. The molecule has 0 atom stereocenters. The molecule has 0 amide bonds. The van der Waals surface area contributed by atoms with E-state index in [0.717, 1.165) is 17.2 Å². The number of nitrogens with one attached hydrogen (secondary N) is 1. The van der Waals surface area contributed by atoms with Crippen LogP contribution < -0.4 is 5.32 Å². The molecule has 110 valence electrons. The van der Waals surface area contributed by atoms with Crippen LogP contribution in [0.2, 0.25) is 0 Å². The van der Waals surface area contributed by atoms with Crippen LogP contribution in [-0.2, 0) is 36.7 Å². The molecule has 2 rings (SSSR count). The molecule has 0 saturated carbocycles. The number of rotatable bonds is 4. The SMILES string of the molecule is COC(=O)/C=C(/Nc1ccc2c(c1)CC(=O)C2)C(=O)OC. The number of methoxy groups -OCH3 is 2. The summed E-state index contributed by atoms with van der Waals surface area (Å²) in [5.41, 5.74) is 2.48. The number of ether oxygens (including phenoxy) is 2. The average molecular weight is 289 g/mol. The third-order valence-corrected chi connectivity index (χ3v) is 3.13. The first-order valence-electron chi connectivity index (χ1n) is 6.32. The largest absolute Gasteiger partial charge is 0.466 e. The van der Waals surface area contributed by atoms with Crippen molar-refractivity contribution in [3.8, 4) is 0 Å². The molecule has 1 N–H and O–H groups in total. The minimum Gasteiger partial charge on any atom is -0.466 e. The van der Waals surface area contributed by atoms with Crippen LogP contribution in [0.4, 0.5) is 5.69 Å². The number of ketones is 1. The van der Waals surface area contributed by atoms with Gasteiger partial charge < -0.3 is 14.8 Å². The predicted octanol–water partition coefficient (Wildman–Crippen LogP) is 0.996. The Morgan fingerprint density at radius 3 is 2.52 bits per heavy atom. The number of hydrogen-bond donors (Lipinski definition) is 1. The number of fused-ring (bicyclic) bond motifs is 1. The summed E-state index contributed by atoms with van der Waals surface area (Å²) < 4.78 is 9.10. The van der Waals surface area contributed by atoms with Gasteiger partial charge >= 0.3 is 11.9 Å². The van der Waals surface area contributed by atoms with Crippen LogP contribution in [0.5, 0.6) is 0 Å². The van der Waals surface area contributed by atoms with Crippen LogP contribution in [-0.4, -0.2) is 31.9 Å². The number of hydrogen-bond acceptors (Lipinski definition) is 6. The number of esters is 2. The Hall–Kier alpha value is -2.63. The van der Waals surface area contributed by atoms with Gasteiger partial charge in [0.1, 0.15) is 11.5 Å². The van der Waals surface area contributed by atoms with Gasteiger partial charge in [-0.25, -0.2) is 9.59 Å². The van der Waals surface area contributed by atoms with Gasteiger partial charge in [0.25, 0.3) is 0 Å². The topological polar surface area (TPSA) is 81.7 Å².